The summed E-state index contributed by atoms with van der Waals surface area (Å²) in [5.41, 5.74) is 1.51. The Bertz CT molecular complexity index is 1620. The molecule has 4 N–H and O–H groups in total. The number of likely N-dealkylation sites (tertiary alicyclic amines) is 1. The summed E-state index contributed by atoms with van der Waals surface area (Å²) in [5.74, 6) is -0.167. The van der Waals surface area contributed by atoms with Crippen molar-refractivity contribution in [1.82, 2.24) is 25.5 Å². The molecule has 3 aliphatic rings. The van der Waals surface area contributed by atoms with Crippen LogP contribution in [0.5, 0.6) is 5.88 Å². The number of aliphatic hydroxyl groups is 1. The summed E-state index contributed by atoms with van der Waals surface area (Å²) in [6.45, 7) is 2.35. The van der Waals surface area contributed by atoms with Crippen molar-refractivity contribution in [3.63, 3.8) is 0 Å². The molecule has 0 bridgehead atoms. The largest absolute Gasteiger partial charge is 0.481 e. The lowest BCUT2D eigenvalue weighted by atomic mass is 9.79. The van der Waals surface area contributed by atoms with Gasteiger partial charge in [0.25, 0.3) is 0 Å². The standard InChI is InChI=1S/C33H35Cl2FN6O3/c1-45-31-22(16-37-17-24-10-12-28(44)39-24)9-11-27(40-31)32(14-5-8-26(33(32,34)35)21-6-3-2-4-7-21)41-30-29(36)23(13-15-38-30)18-42-19-25(43)20-42/h2-9,11,13-15,24-25,37,43H,10,12,16-20H2,1H3,(H,38,41)(H,39,44)/t24-,32?/m0/s1. The molecule has 0 spiro atoms. The molecule has 1 aliphatic carbocycles. The van der Waals surface area contributed by atoms with Crippen LogP contribution in [0.25, 0.3) is 5.57 Å². The number of allylic oxidation sites excluding steroid dienone is 2. The molecule has 2 saturated heterocycles. The van der Waals surface area contributed by atoms with E-state index in [1.54, 1.807) is 18.2 Å². The highest BCUT2D eigenvalue weighted by Crippen LogP contribution is 2.54. The number of nitrogens with zero attached hydrogens (tertiary/aromatic N) is 3. The molecule has 9 nitrogen and oxygen atoms in total. The summed E-state index contributed by atoms with van der Waals surface area (Å²) < 4.78 is 20.1. The molecule has 45 heavy (non-hydrogen) atoms. The van der Waals surface area contributed by atoms with Gasteiger partial charge in [-0.2, -0.15) is 0 Å². The zero-order valence-corrected chi connectivity index (χ0v) is 26.3. The van der Waals surface area contributed by atoms with Gasteiger partial charge >= 0.3 is 0 Å². The summed E-state index contributed by atoms with van der Waals surface area (Å²) in [4.78, 5) is 22.7. The van der Waals surface area contributed by atoms with Crippen LogP contribution in [-0.2, 0) is 23.4 Å². The number of amides is 1. The molecular formula is C33H35Cl2FN6O3. The molecule has 6 rings (SSSR count). The third-order valence-electron chi connectivity index (χ3n) is 8.47. The van der Waals surface area contributed by atoms with E-state index in [9.17, 15) is 9.90 Å². The lowest BCUT2D eigenvalue weighted by Crippen LogP contribution is -2.51. The molecule has 1 amide bonds. The number of hydrogen-bond donors (Lipinski definition) is 4. The maximum absolute atomic E-state index is 16.1. The first-order valence-electron chi connectivity index (χ1n) is 14.9. The van der Waals surface area contributed by atoms with Crippen molar-refractivity contribution >= 4 is 40.5 Å². The third kappa shape index (κ3) is 6.30. The summed E-state index contributed by atoms with van der Waals surface area (Å²) in [5, 5.41) is 19.3. The van der Waals surface area contributed by atoms with Crippen LogP contribution in [0.3, 0.4) is 0 Å². The van der Waals surface area contributed by atoms with E-state index in [2.05, 4.69) is 20.9 Å². The van der Waals surface area contributed by atoms with E-state index in [-0.39, 0.29) is 17.8 Å². The summed E-state index contributed by atoms with van der Waals surface area (Å²) in [7, 11) is 1.53. The molecule has 2 aromatic heterocycles. The fourth-order valence-electron chi connectivity index (χ4n) is 6.04. The molecule has 1 unspecified atom stereocenters. The van der Waals surface area contributed by atoms with E-state index in [1.165, 1.54) is 13.3 Å². The van der Waals surface area contributed by atoms with Gasteiger partial charge in [-0.15, -0.1) is 0 Å². The second kappa shape index (κ2) is 13.1. The molecule has 2 fully saturated rings. The first kappa shape index (κ1) is 31.4. The van der Waals surface area contributed by atoms with Gasteiger partial charge in [-0.1, -0.05) is 71.8 Å². The molecule has 2 atom stereocenters. The highest BCUT2D eigenvalue weighted by atomic mass is 35.5. The SMILES string of the molecule is COc1nc(C2(Nc3nccc(CN4CC(O)C4)c3F)C=CC=C(c3ccccc3)C2(Cl)Cl)ccc1CNC[C@@H]1CCC(=O)N1. The predicted octanol–water partition coefficient (Wildman–Crippen LogP) is 4.30. The van der Waals surface area contributed by atoms with Gasteiger partial charge in [0, 0.05) is 62.5 Å². The minimum atomic E-state index is -1.69. The molecule has 4 heterocycles. The average Bonchev–Trinajstić information content (AvgIpc) is 3.44. The topological polar surface area (TPSA) is 112 Å². The van der Waals surface area contributed by atoms with Gasteiger partial charge in [0.2, 0.25) is 11.8 Å². The van der Waals surface area contributed by atoms with Crippen LogP contribution < -0.4 is 20.7 Å². The number of methoxy groups -OCH3 is 1. The lowest BCUT2D eigenvalue weighted by Gasteiger charge is -2.45. The zero-order chi connectivity index (χ0) is 31.6. The first-order valence-corrected chi connectivity index (χ1v) is 15.7. The van der Waals surface area contributed by atoms with E-state index in [4.69, 9.17) is 32.9 Å². The molecule has 236 valence electrons. The number of hydrogen-bond acceptors (Lipinski definition) is 8. The molecule has 12 heteroatoms. The van der Waals surface area contributed by atoms with E-state index in [1.807, 2.05) is 53.5 Å². The number of carbonyl (C=O) groups is 1. The van der Waals surface area contributed by atoms with Crippen LogP contribution in [0.1, 0.15) is 35.2 Å². The van der Waals surface area contributed by atoms with Gasteiger partial charge in [-0.05, 0) is 35.8 Å². The highest BCUT2D eigenvalue weighted by Gasteiger charge is 2.55. The number of rotatable bonds is 11. The molecule has 2 aliphatic heterocycles. The monoisotopic (exact) mass is 652 g/mol. The van der Waals surface area contributed by atoms with Crippen LogP contribution in [0, 0.1) is 5.82 Å². The number of aliphatic hydroxyl groups excluding tert-OH is 1. The second-order valence-corrected chi connectivity index (χ2v) is 12.9. The number of anilines is 1. The summed E-state index contributed by atoms with van der Waals surface area (Å²) in [6.07, 6.45) is 7.88. The Morgan fingerprint density at radius 2 is 1.96 bits per heavy atom. The van der Waals surface area contributed by atoms with Gasteiger partial charge in [0.05, 0.1) is 18.9 Å². The van der Waals surface area contributed by atoms with Crippen LogP contribution in [0.15, 0.2) is 73.0 Å². The van der Waals surface area contributed by atoms with Gasteiger partial charge in [0.1, 0.15) is 5.54 Å². The second-order valence-electron chi connectivity index (χ2n) is 11.6. The third-order valence-corrected chi connectivity index (χ3v) is 9.48. The predicted molar refractivity (Wildman–Crippen MR) is 172 cm³/mol. The number of aromatic nitrogens is 2. The Balaban J connectivity index is 1.36. The van der Waals surface area contributed by atoms with Crippen LogP contribution in [0.4, 0.5) is 10.2 Å². The smallest absolute Gasteiger partial charge is 0.220 e. The number of benzene rings is 1. The van der Waals surface area contributed by atoms with E-state index < -0.39 is 21.8 Å². The number of pyridine rings is 2. The lowest BCUT2D eigenvalue weighted by molar-refractivity contribution is -0.119. The van der Waals surface area contributed by atoms with E-state index >= 15 is 4.39 Å². The van der Waals surface area contributed by atoms with Crippen LogP contribution >= 0.6 is 23.2 Å². The quantitative estimate of drug-likeness (QED) is 0.227. The van der Waals surface area contributed by atoms with Crippen molar-refractivity contribution in [2.75, 3.05) is 32.1 Å². The minimum absolute atomic E-state index is 0.0386. The van der Waals surface area contributed by atoms with Crippen molar-refractivity contribution in [2.24, 2.45) is 0 Å². The molecule has 0 saturated carbocycles. The fourth-order valence-corrected chi connectivity index (χ4v) is 6.80. The Labute approximate surface area is 271 Å². The number of alkyl halides is 2. The Hall–Kier alpha value is -3.54. The van der Waals surface area contributed by atoms with Crippen LogP contribution in [-0.4, -0.2) is 69.1 Å². The van der Waals surface area contributed by atoms with Gasteiger partial charge in [0.15, 0.2) is 16.0 Å². The maximum Gasteiger partial charge on any atom is 0.220 e. The average molecular weight is 654 g/mol. The van der Waals surface area contributed by atoms with Gasteiger partial charge in [-0.25, -0.2) is 14.4 Å². The van der Waals surface area contributed by atoms with Crippen molar-refractivity contribution in [3.05, 3.63) is 101 Å². The number of nitrogens with one attached hydrogen (secondary N) is 3. The Morgan fingerprint density at radius 1 is 1.16 bits per heavy atom. The zero-order valence-electron chi connectivity index (χ0n) is 24.8. The highest BCUT2D eigenvalue weighted by molar-refractivity contribution is 6.55. The van der Waals surface area contributed by atoms with Gasteiger partial charge in [-0.3, -0.25) is 9.69 Å². The van der Waals surface area contributed by atoms with Crippen molar-refractivity contribution in [3.8, 4) is 5.88 Å². The number of carbonyl (C=O) groups excluding carboxylic acids is 1. The number of halogens is 3. The van der Waals surface area contributed by atoms with Crippen LogP contribution in [0.2, 0.25) is 0 Å². The Kier molecular flexibility index (Phi) is 9.12. The normalized spacial score (nSPS) is 22.9. The maximum atomic E-state index is 16.1. The molecule has 1 aromatic carbocycles. The summed E-state index contributed by atoms with van der Waals surface area (Å²) in [6, 6.07) is 14.9. The molecular weight excluding hydrogens is 618 g/mol. The fraction of sp³-hybridized carbons (Fsp3) is 0.364. The van der Waals surface area contributed by atoms with Crippen molar-refractivity contribution < 1.29 is 19.0 Å². The molecule has 0 radical (unpaired) electrons. The van der Waals surface area contributed by atoms with Crippen molar-refractivity contribution in [2.45, 2.75) is 47.9 Å². The Morgan fingerprint density at radius 3 is 2.67 bits per heavy atom. The molecule has 3 aromatic rings. The number of β-amino-alcohol motifs (C(OH)–C–C–N with tert-alkyl or cyclic N) is 1. The van der Waals surface area contributed by atoms with E-state index in [0.29, 0.717) is 61.9 Å². The first-order chi connectivity index (χ1) is 21.7. The minimum Gasteiger partial charge on any atom is -0.481 e. The number of ether oxygens (including phenoxy) is 1. The van der Waals surface area contributed by atoms with E-state index in [0.717, 1.165) is 17.5 Å². The van der Waals surface area contributed by atoms with Gasteiger partial charge < -0.3 is 25.8 Å². The summed E-state index contributed by atoms with van der Waals surface area (Å²) >= 11 is 14.8. The van der Waals surface area contributed by atoms with Crippen molar-refractivity contribution in [1.29, 1.82) is 0 Å².